The minimum absolute atomic E-state index is 0.0230. The van der Waals surface area contributed by atoms with E-state index < -0.39 is 27.9 Å². The van der Waals surface area contributed by atoms with Crippen molar-refractivity contribution in [2.24, 2.45) is 0 Å². The molecule has 1 amide bonds. The molecule has 0 unspecified atom stereocenters. The van der Waals surface area contributed by atoms with Crippen LogP contribution >= 0.6 is 11.6 Å². The number of aromatic nitrogens is 2. The number of carbonyl (C=O) groups is 2. The van der Waals surface area contributed by atoms with Crippen LogP contribution in [0.25, 0.3) is 21.8 Å². The van der Waals surface area contributed by atoms with E-state index in [1.54, 1.807) is 12.1 Å². The second kappa shape index (κ2) is 10.7. The fourth-order valence-electron chi connectivity index (χ4n) is 4.22. The van der Waals surface area contributed by atoms with Gasteiger partial charge in [-0.2, -0.15) is 0 Å². The maximum absolute atomic E-state index is 13.3. The number of rotatable bonds is 8. The highest BCUT2D eigenvalue weighted by Crippen LogP contribution is 2.27. The summed E-state index contributed by atoms with van der Waals surface area (Å²) in [6, 6.07) is 20.5. The molecule has 196 valence electrons. The number of aliphatic carboxylic acids is 1. The summed E-state index contributed by atoms with van der Waals surface area (Å²) in [5, 5.41) is 14.5. The van der Waals surface area contributed by atoms with E-state index in [4.69, 9.17) is 11.6 Å². The van der Waals surface area contributed by atoms with Crippen molar-refractivity contribution < 1.29 is 23.1 Å². The van der Waals surface area contributed by atoms with Crippen LogP contribution in [0, 0.1) is 0 Å². The van der Waals surface area contributed by atoms with Gasteiger partial charge in [-0.25, -0.2) is 13.2 Å². The number of carbonyl (C=O) groups excluding carboxylic acids is 1. The van der Waals surface area contributed by atoms with Crippen LogP contribution in [0.4, 0.5) is 5.69 Å². The van der Waals surface area contributed by atoms with Gasteiger partial charge in [-0.3, -0.25) is 19.5 Å². The van der Waals surface area contributed by atoms with Crippen LogP contribution in [0.1, 0.15) is 15.9 Å². The number of anilines is 1. The lowest BCUT2D eigenvalue weighted by Gasteiger charge is -2.18. The average molecular weight is 561 g/mol. The zero-order valence-corrected chi connectivity index (χ0v) is 21.8. The number of carboxylic acid groups (broad SMARTS) is 1. The molecule has 1 atom stereocenters. The van der Waals surface area contributed by atoms with Gasteiger partial charge in [0.25, 0.3) is 15.9 Å². The van der Waals surface area contributed by atoms with Crippen molar-refractivity contribution in [2.45, 2.75) is 17.4 Å². The highest BCUT2D eigenvalue weighted by atomic mass is 35.5. The van der Waals surface area contributed by atoms with Crippen LogP contribution in [0.5, 0.6) is 0 Å². The fourth-order valence-corrected chi connectivity index (χ4v) is 5.63. The maximum atomic E-state index is 13.3. The van der Waals surface area contributed by atoms with E-state index in [0.29, 0.717) is 5.52 Å². The number of sulfonamides is 1. The standard InChI is InChI=1S/C28H21ClN4O5S/c29-20-10-11-21(23(16-20)33-39(37,38)25-7-3-6-22-26(25)31-13-12-30-22)27(34)32-24(28(35)36)15-17-8-9-18-4-1-2-5-19(18)14-17/h1-14,16,24,33H,15H2,(H,32,34)(H,35,36)/t24-/m0/s1. The summed E-state index contributed by atoms with van der Waals surface area (Å²) >= 11 is 6.12. The molecule has 5 rings (SSSR count). The summed E-state index contributed by atoms with van der Waals surface area (Å²) in [5.41, 5.74) is 1.04. The van der Waals surface area contributed by atoms with E-state index in [0.717, 1.165) is 16.3 Å². The van der Waals surface area contributed by atoms with Crippen molar-refractivity contribution in [1.29, 1.82) is 0 Å². The quantitative estimate of drug-likeness (QED) is 0.251. The Labute approximate surface area is 228 Å². The van der Waals surface area contributed by atoms with E-state index in [-0.39, 0.29) is 33.1 Å². The minimum Gasteiger partial charge on any atom is -0.480 e. The molecule has 4 aromatic carbocycles. The van der Waals surface area contributed by atoms with Crippen LogP contribution in [-0.2, 0) is 21.2 Å². The molecule has 39 heavy (non-hydrogen) atoms. The topological polar surface area (TPSA) is 138 Å². The zero-order valence-electron chi connectivity index (χ0n) is 20.2. The monoisotopic (exact) mass is 560 g/mol. The zero-order chi connectivity index (χ0) is 27.6. The molecule has 5 aromatic rings. The van der Waals surface area contributed by atoms with Crippen LogP contribution < -0.4 is 10.0 Å². The molecule has 1 aromatic heterocycles. The third-order valence-electron chi connectivity index (χ3n) is 6.08. The molecule has 0 radical (unpaired) electrons. The van der Waals surface area contributed by atoms with E-state index in [1.807, 2.05) is 36.4 Å². The van der Waals surface area contributed by atoms with E-state index in [1.165, 1.54) is 42.7 Å². The van der Waals surface area contributed by atoms with Gasteiger partial charge < -0.3 is 10.4 Å². The van der Waals surface area contributed by atoms with Crippen molar-refractivity contribution >= 4 is 61.0 Å². The Balaban J connectivity index is 1.42. The van der Waals surface area contributed by atoms with Crippen molar-refractivity contribution in [3.8, 4) is 0 Å². The highest BCUT2D eigenvalue weighted by molar-refractivity contribution is 7.93. The smallest absolute Gasteiger partial charge is 0.326 e. The SMILES string of the molecule is O=C(N[C@@H](Cc1ccc2ccccc2c1)C(=O)O)c1ccc(Cl)cc1NS(=O)(=O)c1cccc2nccnc12. The largest absolute Gasteiger partial charge is 0.480 e. The summed E-state index contributed by atoms with van der Waals surface area (Å²) in [4.78, 5) is 33.4. The molecule has 1 heterocycles. The third-order valence-corrected chi connectivity index (χ3v) is 7.71. The van der Waals surface area contributed by atoms with Crippen LogP contribution in [0.3, 0.4) is 0 Å². The van der Waals surface area contributed by atoms with Gasteiger partial charge in [0.1, 0.15) is 16.5 Å². The lowest BCUT2D eigenvalue weighted by molar-refractivity contribution is -0.139. The predicted molar refractivity (Wildman–Crippen MR) is 148 cm³/mol. The summed E-state index contributed by atoms with van der Waals surface area (Å²) < 4.78 is 29.1. The lowest BCUT2D eigenvalue weighted by atomic mass is 10.0. The summed E-state index contributed by atoms with van der Waals surface area (Å²) in [6.45, 7) is 0. The van der Waals surface area contributed by atoms with E-state index >= 15 is 0 Å². The molecule has 0 aliphatic heterocycles. The molecule has 9 nitrogen and oxygen atoms in total. The first-order valence-corrected chi connectivity index (χ1v) is 13.6. The Kier molecular flexibility index (Phi) is 7.14. The molecular weight excluding hydrogens is 540 g/mol. The van der Waals surface area contributed by atoms with Gasteiger partial charge in [-0.1, -0.05) is 60.1 Å². The van der Waals surface area contributed by atoms with Crippen molar-refractivity contribution in [1.82, 2.24) is 15.3 Å². The van der Waals surface area contributed by atoms with Crippen LogP contribution in [0.15, 0.2) is 96.2 Å². The van der Waals surface area contributed by atoms with Gasteiger partial charge in [-0.05, 0) is 46.7 Å². The molecule has 0 fully saturated rings. The van der Waals surface area contributed by atoms with Crippen molar-refractivity contribution in [3.05, 3.63) is 107 Å². The normalized spacial score (nSPS) is 12.2. The molecule has 0 saturated heterocycles. The Hall–Kier alpha value is -4.54. The number of nitrogens with zero attached hydrogens (tertiary/aromatic N) is 2. The van der Waals surface area contributed by atoms with Gasteiger partial charge in [0, 0.05) is 23.8 Å². The molecule has 11 heteroatoms. The highest BCUT2D eigenvalue weighted by Gasteiger charge is 2.25. The van der Waals surface area contributed by atoms with Crippen LogP contribution in [0.2, 0.25) is 5.02 Å². The Morgan fingerprint density at radius 1 is 0.897 bits per heavy atom. The summed E-state index contributed by atoms with van der Waals surface area (Å²) in [6.07, 6.45) is 2.85. The second-order valence-corrected chi connectivity index (χ2v) is 10.8. The van der Waals surface area contributed by atoms with E-state index in [9.17, 15) is 23.1 Å². The second-order valence-electron chi connectivity index (χ2n) is 8.73. The number of benzene rings is 4. The number of halogens is 1. The van der Waals surface area contributed by atoms with Crippen molar-refractivity contribution in [3.63, 3.8) is 0 Å². The number of amides is 1. The number of fused-ring (bicyclic) bond motifs is 2. The van der Waals surface area contributed by atoms with Gasteiger partial charge in [-0.15, -0.1) is 0 Å². The number of nitrogens with one attached hydrogen (secondary N) is 2. The fraction of sp³-hybridized carbons (Fsp3) is 0.0714. The Morgan fingerprint density at radius 3 is 2.46 bits per heavy atom. The number of hydrogen-bond donors (Lipinski definition) is 3. The minimum atomic E-state index is -4.23. The molecule has 0 saturated carbocycles. The Bertz CT molecular complexity index is 1840. The molecule has 0 spiro atoms. The molecular formula is C28H21ClN4O5S. The molecule has 3 N–H and O–H groups in total. The lowest BCUT2D eigenvalue weighted by Crippen LogP contribution is -2.42. The number of hydrogen-bond acceptors (Lipinski definition) is 6. The van der Waals surface area contributed by atoms with Crippen LogP contribution in [-0.4, -0.2) is 41.4 Å². The van der Waals surface area contributed by atoms with Crippen molar-refractivity contribution in [2.75, 3.05) is 4.72 Å². The molecule has 0 bridgehead atoms. The van der Waals surface area contributed by atoms with Gasteiger partial charge >= 0.3 is 5.97 Å². The third kappa shape index (κ3) is 5.66. The average Bonchev–Trinajstić information content (AvgIpc) is 2.92. The van der Waals surface area contributed by atoms with Gasteiger partial charge in [0.15, 0.2) is 0 Å². The summed E-state index contributed by atoms with van der Waals surface area (Å²) in [7, 11) is -4.23. The first-order valence-electron chi connectivity index (χ1n) is 11.7. The molecule has 0 aliphatic rings. The number of para-hydroxylation sites is 1. The Morgan fingerprint density at radius 2 is 1.67 bits per heavy atom. The summed E-state index contributed by atoms with van der Waals surface area (Å²) in [5.74, 6) is -2.02. The van der Waals surface area contributed by atoms with E-state index in [2.05, 4.69) is 20.0 Å². The maximum Gasteiger partial charge on any atom is 0.326 e. The van der Waals surface area contributed by atoms with Gasteiger partial charge in [0.05, 0.1) is 16.8 Å². The first-order chi connectivity index (χ1) is 18.7. The number of carboxylic acids is 1. The van der Waals surface area contributed by atoms with Gasteiger partial charge in [0.2, 0.25) is 0 Å². The molecule has 0 aliphatic carbocycles. The predicted octanol–water partition coefficient (Wildman–Crippen LogP) is 4.66. The first kappa shape index (κ1) is 26.1.